The molecule has 0 fully saturated rings. The minimum Gasteiger partial charge on any atom is -0.375 e. The minimum atomic E-state index is -1.82. The summed E-state index contributed by atoms with van der Waals surface area (Å²) in [4.78, 5) is 27.0. The van der Waals surface area contributed by atoms with Gasteiger partial charge in [-0.25, -0.2) is 0 Å². The molecule has 4 nitrogen and oxygen atoms in total. The molecule has 0 radical (unpaired) electrons. The zero-order valence-electron chi connectivity index (χ0n) is 13.3. The highest BCUT2D eigenvalue weighted by Crippen LogP contribution is 2.44. The number of carbonyl (C=O) groups excluding carboxylic acids is 2. The number of nitrogens with zero attached hydrogens (tertiary/aromatic N) is 1. The van der Waals surface area contributed by atoms with Gasteiger partial charge in [0.05, 0.1) is 12.1 Å². The van der Waals surface area contributed by atoms with Crippen LogP contribution >= 0.6 is 15.9 Å². The van der Waals surface area contributed by atoms with Crippen molar-refractivity contribution < 1.29 is 14.7 Å². The smallest absolute Gasteiger partial charge is 0.264 e. The van der Waals surface area contributed by atoms with Crippen molar-refractivity contribution in [1.82, 2.24) is 0 Å². The fourth-order valence-corrected chi connectivity index (χ4v) is 3.46. The van der Waals surface area contributed by atoms with Gasteiger partial charge in [-0.3, -0.25) is 9.59 Å². The number of hydrogen-bond donors (Lipinski definition) is 1. The summed E-state index contributed by atoms with van der Waals surface area (Å²) in [6, 6.07) is 14.1. The molecule has 1 heterocycles. The zero-order chi connectivity index (χ0) is 17.3. The quantitative estimate of drug-likeness (QED) is 0.796. The van der Waals surface area contributed by atoms with Crippen LogP contribution in [0, 0.1) is 0 Å². The van der Waals surface area contributed by atoms with E-state index in [1.54, 1.807) is 41.3 Å². The molecule has 0 aromatic heterocycles. The highest BCUT2D eigenvalue weighted by molar-refractivity contribution is 9.10. The van der Waals surface area contributed by atoms with Crippen molar-refractivity contribution in [1.29, 1.82) is 0 Å². The summed E-state index contributed by atoms with van der Waals surface area (Å²) in [6.45, 7) is 2.48. The Balaban J connectivity index is 2.01. The highest BCUT2D eigenvalue weighted by atomic mass is 79.9. The molecule has 0 saturated heterocycles. The molecule has 0 aliphatic carbocycles. The molecule has 0 bridgehead atoms. The minimum absolute atomic E-state index is 0.254. The maximum Gasteiger partial charge on any atom is 0.264 e. The SMILES string of the molecule is CCCN1C(=O)C(O)(CC(=O)c2ccccc2)c2cc(Br)ccc21. The first-order valence-electron chi connectivity index (χ1n) is 7.90. The summed E-state index contributed by atoms with van der Waals surface area (Å²) in [7, 11) is 0. The van der Waals surface area contributed by atoms with E-state index in [4.69, 9.17) is 0 Å². The maximum absolute atomic E-state index is 12.9. The lowest BCUT2D eigenvalue weighted by atomic mass is 9.88. The van der Waals surface area contributed by atoms with Gasteiger partial charge in [-0.05, 0) is 24.6 Å². The second-order valence-electron chi connectivity index (χ2n) is 5.94. The van der Waals surface area contributed by atoms with Crippen molar-refractivity contribution in [3.63, 3.8) is 0 Å². The number of halogens is 1. The molecule has 5 heteroatoms. The van der Waals surface area contributed by atoms with Crippen LogP contribution in [-0.2, 0) is 10.4 Å². The van der Waals surface area contributed by atoms with Gasteiger partial charge in [-0.15, -0.1) is 0 Å². The molecular weight excluding hydrogens is 370 g/mol. The van der Waals surface area contributed by atoms with E-state index in [-0.39, 0.29) is 12.2 Å². The van der Waals surface area contributed by atoms with Crippen molar-refractivity contribution in [3.8, 4) is 0 Å². The number of Topliss-reactive ketones (excluding diaryl/α,β-unsaturated/α-hetero) is 1. The molecule has 124 valence electrons. The van der Waals surface area contributed by atoms with Crippen LogP contribution in [0.1, 0.15) is 35.7 Å². The number of hydrogen-bond acceptors (Lipinski definition) is 3. The zero-order valence-corrected chi connectivity index (χ0v) is 14.9. The van der Waals surface area contributed by atoms with E-state index in [1.165, 1.54) is 0 Å². The van der Waals surface area contributed by atoms with E-state index in [9.17, 15) is 14.7 Å². The third-order valence-corrected chi connectivity index (χ3v) is 4.75. The monoisotopic (exact) mass is 387 g/mol. The van der Waals surface area contributed by atoms with Gasteiger partial charge in [0.1, 0.15) is 0 Å². The van der Waals surface area contributed by atoms with E-state index in [0.717, 1.165) is 10.9 Å². The number of anilines is 1. The molecular formula is C19H18BrNO3. The molecule has 24 heavy (non-hydrogen) atoms. The Kier molecular flexibility index (Phi) is 4.56. The predicted octanol–water partition coefficient (Wildman–Crippen LogP) is 3.67. The average molecular weight is 388 g/mol. The van der Waals surface area contributed by atoms with Crippen LogP contribution < -0.4 is 4.90 Å². The van der Waals surface area contributed by atoms with Crippen molar-refractivity contribution in [3.05, 3.63) is 64.1 Å². The van der Waals surface area contributed by atoms with Crippen LogP contribution in [0.2, 0.25) is 0 Å². The highest BCUT2D eigenvalue weighted by Gasteiger charge is 2.50. The van der Waals surface area contributed by atoms with E-state index >= 15 is 0 Å². The fraction of sp³-hybridized carbons (Fsp3) is 0.263. The Hall–Kier alpha value is -1.98. The van der Waals surface area contributed by atoms with Crippen LogP contribution in [0.15, 0.2) is 53.0 Å². The molecule has 1 N–H and O–H groups in total. The maximum atomic E-state index is 12.9. The van der Waals surface area contributed by atoms with Crippen LogP contribution in [0.3, 0.4) is 0 Å². The Labute approximate surface area is 149 Å². The lowest BCUT2D eigenvalue weighted by molar-refractivity contribution is -0.135. The van der Waals surface area contributed by atoms with Crippen molar-refractivity contribution >= 4 is 33.3 Å². The molecule has 3 rings (SSSR count). The first kappa shape index (κ1) is 16.9. The number of aliphatic hydroxyl groups is 1. The van der Waals surface area contributed by atoms with Gasteiger partial charge in [-0.2, -0.15) is 0 Å². The van der Waals surface area contributed by atoms with Crippen molar-refractivity contribution in [2.45, 2.75) is 25.4 Å². The Morgan fingerprint density at radius 1 is 1.21 bits per heavy atom. The van der Waals surface area contributed by atoms with Gasteiger partial charge in [0.25, 0.3) is 5.91 Å². The van der Waals surface area contributed by atoms with Crippen LogP contribution in [0.5, 0.6) is 0 Å². The number of fused-ring (bicyclic) bond motifs is 1. The standard InChI is InChI=1S/C19H18BrNO3/c1-2-10-21-16-9-8-14(20)11-15(16)19(24,18(21)23)12-17(22)13-6-4-3-5-7-13/h3-9,11,24H,2,10,12H2,1H3. The van der Waals surface area contributed by atoms with Crippen LogP contribution in [0.4, 0.5) is 5.69 Å². The lowest BCUT2D eigenvalue weighted by Gasteiger charge is -2.22. The van der Waals surface area contributed by atoms with Gasteiger partial charge in [0.15, 0.2) is 11.4 Å². The van der Waals surface area contributed by atoms with Crippen molar-refractivity contribution in [2.24, 2.45) is 0 Å². The molecule has 1 aliphatic rings. The van der Waals surface area contributed by atoms with E-state index in [1.807, 2.05) is 19.1 Å². The second kappa shape index (κ2) is 6.49. The van der Waals surface area contributed by atoms with Crippen LogP contribution in [-0.4, -0.2) is 23.3 Å². The Morgan fingerprint density at radius 2 is 1.92 bits per heavy atom. The number of amides is 1. The second-order valence-corrected chi connectivity index (χ2v) is 6.86. The largest absolute Gasteiger partial charge is 0.375 e. The van der Waals surface area contributed by atoms with Crippen LogP contribution in [0.25, 0.3) is 0 Å². The summed E-state index contributed by atoms with van der Waals surface area (Å²) in [5.74, 6) is -0.683. The number of ketones is 1. The number of rotatable bonds is 5. The third-order valence-electron chi connectivity index (χ3n) is 4.25. The molecule has 0 spiro atoms. The van der Waals surface area contributed by atoms with E-state index < -0.39 is 11.5 Å². The molecule has 2 aromatic rings. The summed E-state index contributed by atoms with van der Waals surface area (Å²) in [6.07, 6.45) is 0.503. The summed E-state index contributed by atoms with van der Waals surface area (Å²) in [5.41, 5.74) is -0.168. The molecule has 1 aliphatic heterocycles. The fourth-order valence-electron chi connectivity index (χ4n) is 3.10. The van der Waals surface area contributed by atoms with Gasteiger partial charge in [0, 0.05) is 22.1 Å². The lowest BCUT2D eigenvalue weighted by Crippen LogP contribution is -2.42. The van der Waals surface area contributed by atoms with Gasteiger partial charge in [-0.1, -0.05) is 53.2 Å². The summed E-state index contributed by atoms with van der Waals surface area (Å²) < 4.78 is 0.762. The van der Waals surface area contributed by atoms with Crippen molar-refractivity contribution in [2.75, 3.05) is 11.4 Å². The third kappa shape index (κ3) is 2.78. The molecule has 0 saturated carbocycles. The Bertz CT molecular complexity index is 790. The van der Waals surface area contributed by atoms with E-state index in [2.05, 4.69) is 15.9 Å². The molecule has 1 amide bonds. The van der Waals surface area contributed by atoms with E-state index in [0.29, 0.717) is 23.4 Å². The van der Waals surface area contributed by atoms with Gasteiger partial charge in [0.2, 0.25) is 0 Å². The molecule has 1 unspecified atom stereocenters. The number of carbonyl (C=O) groups is 2. The Morgan fingerprint density at radius 3 is 2.58 bits per heavy atom. The molecule has 1 atom stereocenters. The average Bonchev–Trinajstić information content (AvgIpc) is 2.78. The first-order valence-corrected chi connectivity index (χ1v) is 8.69. The normalized spacial score (nSPS) is 19.5. The van der Waals surface area contributed by atoms with Gasteiger partial charge >= 0.3 is 0 Å². The first-order chi connectivity index (χ1) is 11.5. The topological polar surface area (TPSA) is 57.6 Å². The summed E-state index contributed by atoms with van der Waals surface area (Å²) in [5, 5.41) is 11.1. The van der Waals surface area contributed by atoms with Gasteiger partial charge < -0.3 is 10.0 Å². The number of benzene rings is 2. The summed E-state index contributed by atoms with van der Waals surface area (Å²) >= 11 is 3.38. The molecule has 2 aromatic carbocycles. The predicted molar refractivity (Wildman–Crippen MR) is 96.1 cm³/mol.